The van der Waals surface area contributed by atoms with Crippen molar-refractivity contribution < 1.29 is 19.4 Å². The maximum atomic E-state index is 11.0. The van der Waals surface area contributed by atoms with Crippen LogP contribution in [-0.2, 0) is 9.47 Å². The van der Waals surface area contributed by atoms with E-state index in [1.54, 1.807) is 4.90 Å². The van der Waals surface area contributed by atoms with Gasteiger partial charge < -0.3 is 19.5 Å². The predicted octanol–water partition coefficient (Wildman–Crippen LogP) is -0.164. The van der Waals surface area contributed by atoms with Gasteiger partial charge in [-0.25, -0.2) is 4.79 Å². The molecule has 13 heavy (non-hydrogen) atoms. The molecular weight excluding hydrogens is 174 g/mol. The molecule has 76 valence electrons. The lowest BCUT2D eigenvalue weighted by molar-refractivity contribution is -0.00151. The highest BCUT2D eigenvalue weighted by Gasteiger charge is 2.32. The van der Waals surface area contributed by atoms with E-state index in [-0.39, 0.29) is 18.7 Å². The highest BCUT2D eigenvalue weighted by molar-refractivity contribution is 5.68. The van der Waals surface area contributed by atoms with Crippen LogP contribution in [0.2, 0.25) is 0 Å². The molecule has 1 fully saturated rings. The van der Waals surface area contributed by atoms with Gasteiger partial charge in [0.2, 0.25) is 0 Å². The lowest BCUT2D eigenvalue weighted by atomic mass is 10.1. The monoisotopic (exact) mass is 189 g/mol. The first-order chi connectivity index (χ1) is 6.29. The highest BCUT2D eigenvalue weighted by atomic mass is 16.5. The van der Waals surface area contributed by atoms with Crippen LogP contribution in [0, 0.1) is 0 Å². The second-order valence-electron chi connectivity index (χ2n) is 2.90. The number of aliphatic hydroxyl groups is 1. The van der Waals surface area contributed by atoms with E-state index in [0.717, 1.165) is 13.0 Å². The average Bonchev–Trinajstić information content (AvgIpc) is 2.10. The zero-order chi connectivity index (χ0) is 9.68. The van der Waals surface area contributed by atoms with Crippen LogP contribution in [0.5, 0.6) is 0 Å². The first-order valence-corrected chi connectivity index (χ1v) is 4.32. The van der Waals surface area contributed by atoms with Gasteiger partial charge in [-0.05, 0) is 6.42 Å². The third-order valence-electron chi connectivity index (χ3n) is 2.10. The Kier molecular flexibility index (Phi) is 3.98. The zero-order valence-corrected chi connectivity index (χ0v) is 7.73. The summed E-state index contributed by atoms with van der Waals surface area (Å²) in [5, 5.41) is 8.46. The molecule has 1 atom stereocenters. The molecule has 1 amide bonds. The number of carbonyl (C=O) groups is 1. The van der Waals surface area contributed by atoms with Crippen LogP contribution in [0.4, 0.5) is 4.79 Å². The Morgan fingerprint density at radius 3 is 2.92 bits per heavy atom. The van der Waals surface area contributed by atoms with E-state index in [4.69, 9.17) is 9.84 Å². The molecule has 0 aliphatic carbocycles. The lowest BCUT2D eigenvalue weighted by Crippen LogP contribution is -2.53. The van der Waals surface area contributed by atoms with Gasteiger partial charge in [-0.3, -0.25) is 0 Å². The molecule has 0 saturated carbocycles. The summed E-state index contributed by atoms with van der Waals surface area (Å²) in [5.74, 6) is 0. The van der Waals surface area contributed by atoms with Crippen LogP contribution in [-0.4, -0.2) is 55.6 Å². The van der Waals surface area contributed by atoms with Gasteiger partial charge in [0.1, 0.15) is 0 Å². The van der Waals surface area contributed by atoms with Gasteiger partial charge >= 0.3 is 6.09 Å². The maximum Gasteiger partial charge on any atom is 0.409 e. The molecule has 0 bridgehead atoms. The minimum Gasteiger partial charge on any atom is -0.453 e. The summed E-state index contributed by atoms with van der Waals surface area (Å²) in [6, 6.07) is 0.124. The van der Waals surface area contributed by atoms with Crippen molar-refractivity contribution in [2.24, 2.45) is 0 Å². The summed E-state index contributed by atoms with van der Waals surface area (Å²) in [5.41, 5.74) is 0. The lowest BCUT2D eigenvalue weighted by Gasteiger charge is -2.39. The van der Waals surface area contributed by atoms with Crippen molar-refractivity contribution in [1.29, 1.82) is 0 Å². The molecule has 1 N–H and O–H groups in total. The zero-order valence-electron chi connectivity index (χ0n) is 7.73. The normalized spacial score (nSPS) is 21.1. The molecule has 1 rings (SSSR count). The van der Waals surface area contributed by atoms with E-state index in [1.807, 2.05) is 0 Å². The second kappa shape index (κ2) is 5.04. The third kappa shape index (κ3) is 2.57. The standard InChI is InChI=1S/C8H15NO4/c1-12-8(11)9-3-2-7(9)6-13-5-4-10/h7,10H,2-6H2,1H3. The smallest absolute Gasteiger partial charge is 0.409 e. The van der Waals surface area contributed by atoms with Crippen molar-refractivity contribution in [3.63, 3.8) is 0 Å². The first-order valence-electron chi connectivity index (χ1n) is 4.32. The van der Waals surface area contributed by atoms with Crippen molar-refractivity contribution in [2.75, 3.05) is 33.5 Å². The van der Waals surface area contributed by atoms with Crippen molar-refractivity contribution in [1.82, 2.24) is 4.90 Å². The average molecular weight is 189 g/mol. The molecular formula is C8H15NO4. The Morgan fingerprint density at radius 2 is 2.46 bits per heavy atom. The van der Waals surface area contributed by atoms with Gasteiger partial charge in [0, 0.05) is 6.54 Å². The third-order valence-corrected chi connectivity index (χ3v) is 2.10. The van der Waals surface area contributed by atoms with E-state index >= 15 is 0 Å². The molecule has 0 aromatic rings. The van der Waals surface area contributed by atoms with Crippen molar-refractivity contribution in [3.8, 4) is 0 Å². The number of ether oxygens (including phenoxy) is 2. The summed E-state index contributed by atoms with van der Waals surface area (Å²) in [6.45, 7) is 1.56. The minimum absolute atomic E-state index is 0.0188. The Morgan fingerprint density at radius 1 is 1.69 bits per heavy atom. The van der Waals surface area contributed by atoms with Crippen LogP contribution in [0.1, 0.15) is 6.42 Å². The fourth-order valence-corrected chi connectivity index (χ4v) is 1.26. The summed E-state index contributed by atoms with van der Waals surface area (Å²) < 4.78 is 9.68. The molecule has 0 aromatic carbocycles. The number of amides is 1. The molecule has 1 aliphatic rings. The molecule has 0 radical (unpaired) electrons. The molecule has 0 aromatic heterocycles. The number of aliphatic hydroxyl groups excluding tert-OH is 1. The predicted molar refractivity (Wildman–Crippen MR) is 45.4 cm³/mol. The van der Waals surface area contributed by atoms with Crippen molar-refractivity contribution >= 4 is 6.09 Å². The van der Waals surface area contributed by atoms with E-state index < -0.39 is 0 Å². The van der Waals surface area contributed by atoms with Gasteiger partial charge in [0.15, 0.2) is 0 Å². The summed E-state index contributed by atoms with van der Waals surface area (Å²) in [6.07, 6.45) is 0.643. The fraction of sp³-hybridized carbons (Fsp3) is 0.875. The van der Waals surface area contributed by atoms with Gasteiger partial charge in [-0.15, -0.1) is 0 Å². The largest absolute Gasteiger partial charge is 0.453 e. The second-order valence-corrected chi connectivity index (χ2v) is 2.90. The number of methoxy groups -OCH3 is 1. The number of likely N-dealkylation sites (tertiary alicyclic amines) is 1. The number of hydrogen-bond donors (Lipinski definition) is 1. The minimum atomic E-state index is -0.302. The maximum absolute atomic E-state index is 11.0. The van der Waals surface area contributed by atoms with Gasteiger partial charge in [0.25, 0.3) is 0 Å². The Labute approximate surface area is 77.2 Å². The number of nitrogens with zero attached hydrogens (tertiary/aromatic N) is 1. The van der Waals surface area contributed by atoms with Crippen LogP contribution in [0.25, 0.3) is 0 Å². The number of rotatable bonds is 4. The number of carbonyl (C=O) groups excluding carboxylic acids is 1. The highest BCUT2D eigenvalue weighted by Crippen LogP contribution is 2.18. The first kappa shape index (κ1) is 10.3. The van der Waals surface area contributed by atoms with Gasteiger partial charge in [-0.1, -0.05) is 0 Å². The molecule has 1 aliphatic heterocycles. The SMILES string of the molecule is COC(=O)N1CCC1COCCO. The van der Waals surface area contributed by atoms with Crippen LogP contribution < -0.4 is 0 Å². The summed E-state index contributed by atoms with van der Waals surface area (Å²) in [4.78, 5) is 12.7. The molecule has 0 spiro atoms. The summed E-state index contributed by atoms with van der Waals surface area (Å²) >= 11 is 0. The quantitative estimate of drug-likeness (QED) is 0.624. The molecule has 5 heteroatoms. The Hall–Kier alpha value is -0.810. The van der Waals surface area contributed by atoms with Crippen LogP contribution in [0.3, 0.4) is 0 Å². The fourth-order valence-electron chi connectivity index (χ4n) is 1.26. The number of hydrogen-bond acceptors (Lipinski definition) is 4. The van der Waals surface area contributed by atoms with Crippen LogP contribution >= 0.6 is 0 Å². The molecule has 1 unspecified atom stereocenters. The van der Waals surface area contributed by atoms with E-state index in [2.05, 4.69) is 4.74 Å². The summed E-state index contributed by atoms with van der Waals surface area (Å²) in [7, 11) is 1.37. The van der Waals surface area contributed by atoms with Crippen molar-refractivity contribution in [2.45, 2.75) is 12.5 Å². The van der Waals surface area contributed by atoms with Gasteiger partial charge in [0.05, 0.1) is 33.0 Å². The van der Waals surface area contributed by atoms with Crippen LogP contribution in [0.15, 0.2) is 0 Å². The molecule has 1 heterocycles. The van der Waals surface area contributed by atoms with E-state index in [0.29, 0.717) is 13.2 Å². The van der Waals surface area contributed by atoms with E-state index in [1.165, 1.54) is 7.11 Å². The molecule has 1 saturated heterocycles. The van der Waals surface area contributed by atoms with E-state index in [9.17, 15) is 4.79 Å². The Balaban J connectivity index is 2.17. The van der Waals surface area contributed by atoms with Gasteiger partial charge in [-0.2, -0.15) is 0 Å². The van der Waals surface area contributed by atoms with Crippen molar-refractivity contribution in [3.05, 3.63) is 0 Å². The molecule has 5 nitrogen and oxygen atoms in total. The Bertz CT molecular complexity index is 174. The topological polar surface area (TPSA) is 59.0 Å².